The maximum absolute atomic E-state index is 3.47. The van der Waals surface area contributed by atoms with Gasteiger partial charge in [-0.15, -0.1) is 0 Å². The Labute approximate surface area is 72.0 Å². The number of fused-ring (bicyclic) bond motifs is 3. The summed E-state index contributed by atoms with van der Waals surface area (Å²) in [6, 6.07) is 9.32. The summed E-state index contributed by atoms with van der Waals surface area (Å²) in [4.78, 5) is 0. The van der Waals surface area contributed by atoms with Crippen molar-refractivity contribution >= 4 is 5.69 Å². The Morgan fingerprint density at radius 2 is 2.50 bits per heavy atom. The Bertz CT molecular complexity index is 308. The number of hydrogen-bond acceptors (Lipinski definition) is 2. The van der Waals surface area contributed by atoms with Gasteiger partial charge in [-0.2, -0.15) is 0 Å². The van der Waals surface area contributed by atoms with Gasteiger partial charge in [0.1, 0.15) is 0 Å². The van der Waals surface area contributed by atoms with Crippen LogP contribution in [0, 0.1) is 6.07 Å². The van der Waals surface area contributed by atoms with Crippen molar-refractivity contribution in [2.45, 2.75) is 18.5 Å². The van der Waals surface area contributed by atoms with Crippen LogP contribution in [0.4, 0.5) is 5.69 Å². The molecule has 0 aromatic heterocycles. The molecule has 2 N–H and O–H groups in total. The first-order chi connectivity index (χ1) is 5.95. The van der Waals surface area contributed by atoms with Gasteiger partial charge in [0, 0.05) is 11.6 Å². The summed E-state index contributed by atoms with van der Waals surface area (Å²) in [5.41, 5.74) is 2.73. The lowest BCUT2D eigenvalue weighted by Crippen LogP contribution is -2.29. The first kappa shape index (κ1) is 6.49. The van der Waals surface area contributed by atoms with Crippen LogP contribution in [0.25, 0.3) is 0 Å². The second kappa shape index (κ2) is 2.23. The Kier molecular flexibility index (Phi) is 1.21. The maximum Gasteiger partial charge on any atom is 0.0839 e. The number of nitrogens with one attached hydrogen (secondary N) is 2. The van der Waals surface area contributed by atoms with Crippen LogP contribution in [0.15, 0.2) is 18.2 Å². The van der Waals surface area contributed by atoms with Crippen molar-refractivity contribution < 1.29 is 0 Å². The molecule has 0 amide bonds. The van der Waals surface area contributed by atoms with Crippen LogP contribution in [-0.2, 0) is 0 Å². The topological polar surface area (TPSA) is 24.1 Å². The van der Waals surface area contributed by atoms with E-state index in [1.54, 1.807) is 0 Å². The standard InChI is InChI=1S/C10H11N2/c1-2-4-9-7(3-1)8-5-6-11-10(8)12-9/h2-4,8,10-12H,5-6H2. The molecule has 2 aliphatic rings. The van der Waals surface area contributed by atoms with E-state index in [2.05, 4.69) is 28.8 Å². The molecule has 0 saturated carbocycles. The molecule has 2 aliphatic heterocycles. The summed E-state index contributed by atoms with van der Waals surface area (Å²) < 4.78 is 0. The molecule has 1 fully saturated rings. The van der Waals surface area contributed by atoms with Crippen LogP contribution >= 0.6 is 0 Å². The van der Waals surface area contributed by atoms with Crippen molar-refractivity contribution in [3.05, 3.63) is 29.8 Å². The minimum absolute atomic E-state index is 0.482. The van der Waals surface area contributed by atoms with Crippen LogP contribution in [0.1, 0.15) is 17.9 Å². The molecule has 1 aromatic rings. The molecule has 3 rings (SSSR count). The zero-order valence-corrected chi connectivity index (χ0v) is 6.80. The van der Waals surface area contributed by atoms with Crippen molar-refractivity contribution in [1.82, 2.24) is 5.32 Å². The van der Waals surface area contributed by atoms with Gasteiger partial charge >= 0.3 is 0 Å². The second-order valence-electron chi connectivity index (χ2n) is 3.48. The Hall–Kier alpha value is -1.02. The number of anilines is 1. The van der Waals surface area contributed by atoms with Gasteiger partial charge in [0.2, 0.25) is 0 Å². The highest BCUT2D eigenvalue weighted by Crippen LogP contribution is 2.38. The van der Waals surface area contributed by atoms with E-state index in [0.717, 1.165) is 6.54 Å². The fourth-order valence-electron chi connectivity index (χ4n) is 2.24. The minimum Gasteiger partial charge on any atom is -0.369 e. The quantitative estimate of drug-likeness (QED) is 0.596. The lowest BCUT2D eigenvalue weighted by atomic mass is 9.99. The molecule has 12 heavy (non-hydrogen) atoms. The molecule has 61 valence electrons. The first-order valence-electron chi connectivity index (χ1n) is 4.45. The fourth-order valence-corrected chi connectivity index (χ4v) is 2.24. The van der Waals surface area contributed by atoms with Gasteiger partial charge in [0.05, 0.1) is 6.17 Å². The van der Waals surface area contributed by atoms with Crippen molar-refractivity contribution in [2.75, 3.05) is 11.9 Å². The van der Waals surface area contributed by atoms with Gasteiger partial charge in [0.25, 0.3) is 0 Å². The van der Waals surface area contributed by atoms with E-state index in [1.807, 2.05) is 6.07 Å². The van der Waals surface area contributed by atoms with E-state index in [1.165, 1.54) is 17.7 Å². The van der Waals surface area contributed by atoms with Gasteiger partial charge in [-0.1, -0.05) is 6.07 Å². The molecule has 1 aromatic carbocycles. The van der Waals surface area contributed by atoms with E-state index in [-0.39, 0.29) is 0 Å². The molecule has 2 atom stereocenters. The summed E-state index contributed by atoms with van der Waals surface area (Å²) in [5.74, 6) is 0.678. The predicted octanol–water partition coefficient (Wildman–Crippen LogP) is 1.32. The summed E-state index contributed by atoms with van der Waals surface area (Å²) in [7, 11) is 0. The van der Waals surface area contributed by atoms with Gasteiger partial charge in [-0.05, 0) is 36.7 Å². The van der Waals surface area contributed by atoms with Crippen LogP contribution in [0.2, 0.25) is 0 Å². The summed E-state index contributed by atoms with van der Waals surface area (Å²) in [6.07, 6.45) is 1.73. The van der Waals surface area contributed by atoms with E-state index < -0.39 is 0 Å². The third-order valence-corrected chi connectivity index (χ3v) is 2.83. The van der Waals surface area contributed by atoms with Crippen molar-refractivity contribution in [3.8, 4) is 0 Å². The normalized spacial score (nSPS) is 31.0. The molecular formula is C10H11N2. The van der Waals surface area contributed by atoms with Crippen LogP contribution in [0.5, 0.6) is 0 Å². The van der Waals surface area contributed by atoms with Crippen molar-refractivity contribution in [2.24, 2.45) is 0 Å². The second-order valence-corrected chi connectivity index (χ2v) is 3.48. The zero-order valence-electron chi connectivity index (χ0n) is 6.80. The zero-order chi connectivity index (χ0) is 7.97. The lowest BCUT2D eigenvalue weighted by molar-refractivity contribution is 0.641. The Balaban J connectivity index is 2.09. The average Bonchev–Trinajstić information content (AvgIpc) is 2.62. The highest BCUT2D eigenvalue weighted by atomic mass is 15.2. The number of hydrogen-bond donors (Lipinski definition) is 2. The van der Waals surface area contributed by atoms with Crippen molar-refractivity contribution in [3.63, 3.8) is 0 Å². The highest BCUT2D eigenvalue weighted by Gasteiger charge is 2.34. The SMILES string of the molecule is [c]1ccc2c(c1)C1CCNC1N2. The Morgan fingerprint density at radius 1 is 1.50 bits per heavy atom. The first-order valence-corrected chi connectivity index (χ1v) is 4.45. The molecule has 0 spiro atoms. The summed E-state index contributed by atoms with van der Waals surface area (Å²) >= 11 is 0. The number of rotatable bonds is 0. The summed E-state index contributed by atoms with van der Waals surface area (Å²) in [5, 5.41) is 6.91. The highest BCUT2D eigenvalue weighted by molar-refractivity contribution is 5.59. The lowest BCUT2D eigenvalue weighted by Gasteiger charge is -2.08. The van der Waals surface area contributed by atoms with E-state index in [9.17, 15) is 0 Å². The third kappa shape index (κ3) is 0.730. The van der Waals surface area contributed by atoms with Gasteiger partial charge < -0.3 is 5.32 Å². The van der Waals surface area contributed by atoms with E-state index in [4.69, 9.17) is 0 Å². The number of benzene rings is 1. The van der Waals surface area contributed by atoms with Crippen molar-refractivity contribution in [1.29, 1.82) is 0 Å². The molecule has 0 bridgehead atoms. The van der Waals surface area contributed by atoms with Crippen LogP contribution < -0.4 is 10.6 Å². The van der Waals surface area contributed by atoms with Gasteiger partial charge in [-0.3, -0.25) is 5.32 Å². The molecule has 2 heterocycles. The van der Waals surface area contributed by atoms with E-state index >= 15 is 0 Å². The van der Waals surface area contributed by atoms with Crippen LogP contribution in [-0.4, -0.2) is 12.7 Å². The van der Waals surface area contributed by atoms with Gasteiger partial charge in [-0.25, -0.2) is 0 Å². The largest absolute Gasteiger partial charge is 0.369 e. The predicted molar refractivity (Wildman–Crippen MR) is 48.0 cm³/mol. The van der Waals surface area contributed by atoms with Gasteiger partial charge in [0.15, 0.2) is 0 Å². The molecule has 2 heteroatoms. The Morgan fingerprint density at radius 3 is 3.50 bits per heavy atom. The van der Waals surface area contributed by atoms with E-state index in [0.29, 0.717) is 12.1 Å². The fraction of sp³-hybridized carbons (Fsp3) is 0.400. The summed E-state index contributed by atoms with van der Waals surface area (Å²) in [6.45, 7) is 1.14. The molecular weight excluding hydrogens is 148 g/mol. The molecule has 2 unspecified atom stereocenters. The maximum atomic E-state index is 3.47. The smallest absolute Gasteiger partial charge is 0.0839 e. The average molecular weight is 159 g/mol. The monoisotopic (exact) mass is 159 g/mol. The minimum atomic E-state index is 0.482. The molecule has 1 saturated heterocycles. The molecule has 2 nitrogen and oxygen atoms in total. The third-order valence-electron chi connectivity index (χ3n) is 2.83. The van der Waals surface area contributed by atoms with Crippen LogP contribution in [0.3, 0.4) is 0 Å². The molecule has 1 radical (unpaired) electrons. The molecule has 0 aliphatic carbocycles.